The molecule has 5 rings (SSSR count). The van der Waals surface area contributed by atoms with Gasteiger partial charge in [0.1, 0.15) is 0 Å². The number of nitrogens with one attached hydrogen (secondary N) is 1. The number of pyridine rings is 1. The Balaban J connectivity index is 1.27. The van der Waals surface area contributed by atoms with Crippen molar-refractivity contribution in [1.29, 1.82) is 0 Å². The Labute approximate surface area is 210 Å². The van der Waals surface area contributed by atoms with Gasteiger partial charge < -0.3 is 10.1 Å². The first kappa shape index (κ1) is 24.4. The third-order valence-corrected chi connectivity index (χ3v) is 8.55. The van der Waals surface area contributed by atoms with Crippen LogP contribution in [-0.4, -0.2) is 71.2 Å². The minimum absolute atomic E-state index is 0.00322. The van der Waals surface area contributed by atoms with Crippen LogP contribution in [0.1, 0.15) is 62.6 Å². The first-order valence-corrected chi connectivity index (χ1v) is 13.4. The predicted octanol–water partition coefficient (Wildman–Crippen LogP) is 3.98. The summed E-state index contributed by atoms with van der Waals surface area (Å²) in [6.45, 7) is 8.62. The number of carbonyl (C=O) groups is 1. The Morgan fingerprint density at radius 3 is 2.49 bits per heavy atom. The van der Waals surface area contributed by atoms with E-state index in [9.17, 15) is 4.79 Å². The van der Waals surface area contributed by atoms with Gasteiger partial charge in [-0.25, -0.2) is 0 Å². The van der Waals surface area contributed by atoms with Crippen molar-refractivity contribution >= 4 is 5.91 Å². The van der Waals surface area contributed by atoms with Crippen molar-refractivity contribution in [2.75, 3.05) is 39.3 Å². The Hall–Kier alpha value is -2.28. The first-order chi connectivity index (χ1) is 17.1. The Morgan fingerprint density at radius 1 is 1.03 bits per heavy atom. The number of aromatic nitrogens is 1. The summed E-state index contributed by atoms with van der Waals surface area (Å²) < 4.78 is 6.44. The highest BCUT2D eigenvalue weighted by atomic mass is 16.5. The maximum atomic E-state index is 13.2. The molecule has 2 atom stereocenters. The minimum Gasteiger partial charge on any atom is -0.375 e. The lowest BCUT2D eigenvalue weighted by Gasteiger charge is -2.54. The summed E-state index contributed by atoms with van der Waals surface area (Å²) in [6.07, 6.45) is 8.58. The van der Waals surface area contributed by atoms with Gasteiger partial charge in [-0.1, -0.05) is 49.2 Å². The van der Waals surface area contributed by atoms with E-state index in [1.54, 1.807) is 6.20 Å². The summed E-state index contributed by atoms with van der Waals surface area (Å²) >= 11 is 0. The third-order valence-electron chi connectivity index (χ3n) is 8.55. The summed E-state index contributed by atoms with van der Waals surface area (Å²) in [6, 6.07) is 16.5. The van der Waals surface area contributed by atoms with Gasteiger partial charge in [0.2, 0.25) is 5.91 Å². The monoisotopic (exact) mass is 476 g/mol. The van der Waals surface area contributed by atoms with E-state index < -0.39 is 0 Å². The van der Waals surface area contributed by atoms with Crippen LogP contribution in [0, 0.1) is 0 Å². The van der Waals surface area contributed by atoms with E-state index in [-0.39, 0.29) is 23.0 Å². The number of amides is 1. The van der Waals surface area contributed by atoms with E-state index in [1.165, 1.54) is 18.4 Å². The summed E-state index contributed by atoms with van der Waals surface area (Å²) in [7, 11) is 0. The van der Waals surface area contributed by atoms with E-state index in [4.69, 9.17) is 4.74 Å². The summed E-state index contributed by atoms with van der Waals surface area (Å²) in [5.74, 6) is -0.186. The van der Waals surface area contributed by atoms with E-state index in [1.807, 2.05) is 25.1 Å². The number of hydrogen-bond acceptors (Lipinski definition) is 5. The second kappa shape index (κ2) is 10.8. The van der Waals surface area contributed by atoms with Crippen LogP contribution in [-0.2, 0) is 16.1 Å². The van der Waals surface area contributed by atoms with Gasteiger partial charge in [-0.05, 0) is 50.3 Å². The van der Waals surface area contributed by atoms with Crippen LogP contribution < -0.4 is 5.32 Å². The van der Waals surface area contributed by atoms with Crippen molar-refractivity contribution in [2.24, 2.45) is 0 Å². The quantitative estimate of drug-likeness (QED) is 0.655. The number of piperazine rings is 1. The van der Waals surface area contributed by atoms with Crippen LogP contribution in [0.5, 0.6) is 0 Å². The standard InChI is InChI=1S/C29H40N4O2/c1-24(26-11-5-8-15-30-26)27(34)31-23-28(14-20-35-29(22-28)12-6-7-13-29)33-18-16-32(17-19-33)21-25-9-3-2-4-10-25/h2-5,8-11,15,24H,6-7,12-14,16-23H2,1H3,(H,31,34). The van der Waals surface area contributed by atoms with Crippen LogP contribution in [0.2, 0.25) is 0 Å². The fraction of sp³-hybridized carbons (Fsp3) is 0.586. The number of rotatable bonds is 7. The number of benzene rings is 1. The fourth-order valence-corrected chi connectivity index (χ4v) is 6.46. The maximum absolute atomic E-state index is 13.2. The maximum Gasteiger partial charge on any atom is 0.228 e. The second-order valence-corrected chi connectivity index (χ2v) is 10.8. The molecular formula is C29H40N4O2. The zero-order chi connectivity index (χ0) is 24.1. The van der Waals surface area contributed by atoms with Crippen LogP contribution in [0.3, 0.4) is 0 Å². The second-order valence-electron chi connectivity index (χ2n) is 10.8. The number of nitrogens with zero attached hydrogens (tertiary/aromatic N) is 3. The SMILES string of the molecule is CC(C(=O)NCC1(N2CCN(Cc3ccccc3)CC2)CCOC2(CCCC2)C1)c1ccccn1. The van der Waals surface area contributed by atoms with Crippen molar-refractivity contribution < 1.29 is 9.53 Å². The van der Waals surface area contributed by atoms with Crippen molar-refractivity contribution in [2.45, 2.75) is 69.1 Å². The first-order valence-electron chi connectivity index (χ1n) is 13.4. The van der Waals surface area contributed by atoms with Crippen molar-refractivity contribution in [1.82, 2.24) is 20.1 Å². The number of hydrogen-bond donors (Lipinski definition) is 1. The van der Waals surface area contributed by atoms with Crippen molar-refractivity contribution in [3.63, 3.8) is 0 Å². The fourth-order valence-electron chi connectivity index (χ4n) is 6.46. The molecule has 1 N–H and O–H groups in total. The molecule has 2 unspecified atom stereocenters. The van der Waals surface area contributed by atoms with Gasteiger partial charge in [-0.2, -0.15) is 0 Å². The minimum atomic E-state index is -0.253. The van der Waals surface area contributed by atoms with Crippen LogP contribution in [0.15, 0.2) is 54.7 Å². The van der Waals surface area contributed by atoms with E-state index in [0.29, 0.717) is 6.54 Å². The molecule has 35 heavy (non-hydrogen) atoms. The van der Waals surface area contributed by atoms with E-state index >= 15 is 0 Å². The van der Waals surface area contributed by atoms with E-state index in [2.05, 4.69) is 50.4 Å². The van der Waals surface area contributed by atoms with Crippen molar-refractivity contribution in [3.05, 3.63) is 66.0 Å². The molecule has 3 heterocycles. The Kier molecular flexibility index (Phi) is 7.51. The van der Waals surface area contributed by atoms with Gasteiger partial charge in [-0.3, -0.25) is 19.6 Å². The molecule has 1 aliphatic carbocycles. The van der Waals surface area contributed by atoms with Gasteiger partial charge in [0, 0.05) is 57.6 Å². The molecule has 6 heteroatoms. The van der Waals surface area contributed by atoms with Crippen LogP contribution >= 0.6 is 0 Å². The zero-order valence-electron chi connectivity index (χ0n) is 21.1. The molecule has 2 aliphatic heterocycles. The molecule has 2 saturated heterocycles. The molecule has 3 fully saturated rings. The van der Waals surface area contributed by atoms with E-state index in [0.717, 1.165) is 70.7 Å². The number of carbonyl (C=O) groups excluding carboxylic acids is 1. The summed E-state index contributed by atoms with van der Waals surface area (Å²) in [4.78, 5) is 22.8. The topological polar surface area (TPSA) is 57.7 Å². The zero-order valence-corrected chi connectivity index (χ0v) is 21.1. The molecule has 0 bridgehead atoms. The van der Waals surface area contributed by atoms with Crippen LogP contribution in [0.4, 0.5) is 0 Å². The lowest BCUT2D eigenvalue weighted by atomic mass is 9.76. The highest BCUT2D eigenvalue weighted by molar-refractivity contribution is 5.82. The highest BCUT2D eigenvalue weighted by Gasteiger charge is 2.50. The van der Waals surface area contributed by atoms with Gasteiger partial charge in [0.05, 0.1) is 17.2 Å². The Morgan fingerprint density at radius 2 is 1.77 bits per heavy atom. The number of ether oxygens (including phenoxy) is 1. The van der Waals surface area contributed by atoms with Crippen molar-refractivity contribution in [3.8, 4) is 0 Å². The molecule has 1 amide bonds. The summed E-state index contributed by atoms with van der Waals surface area (Å²) in [5, 5.41) is 3.36. The lowest BCUT2D eigenvalue weighted by molar-refractivity contribution is -0.144. The smallest absolute Gasteiger partial charge is 0.228 e. The average Bonchev–Trinajstić information content (AvgIpc) is 3.35. The normalized spacial score (nSPS) is 26.0. The van der Waals surface area contributed by atoms with Crippen LogP contribution in [0.25, 0.3) is 0 Å². The molecule has 1 spiro atoms. The molecule has 1 saturated carbocycles. The molecule has 3 aliphatic rings. The molecule has 2 aromatic rings. The molecular weight excluding hydrogens is 436 g/mol. The highest BCUT2D eigenvalue weighted by Crippen LogP contribution is 2.45. The third kappa shape index (κ3) is 5.60. The lowest BCUT2D eigenvalue weighted by Crippen LogP contribution is -2.65. The van der Waals surface area contributed by atoms with Gasteiger partial charge in [0.15, 0.2) is 0 Å². The largest absolute Gasteiger partial charge is 0.375 e. The predicted molar refractivity (Wildman–Crippen MR) is 138 cm³/mol. The Bertz CT molecular complexity index is 955. The van der Waals surface area contributed by atoms with Gasteiger partial charge >= 0.3 is 0 Å². The molecule has 0 radical (unpaired) electrons. The molecule has 1 aromatic heterocycles. The molecule has 188 valence electrons. The molecule has 1 aromatic carbocycles. The average molecular weight is 477 g/mol. The van der Waals surface area contributed by atoms with Gasteiger partial charge in [-0.15, -0.1) is 0 Å². The van der Waals surface area contributed by atoms with Gasteiger partial charge in [0.25, 0.3) is 0 Å². The summed E-state index contributed by atoms with van der Waals surface area (Å²) in [5.41, 5.74) is 2.16. The molecule has 6 nitrogen and oxygen atoms in total.